The monoisotopic (exact) mass is 283 g/mol. The third kappa shape index (κ3) is 2.20. The summed E-state index contributed by atoms with van der Waals surface area (Å²) in [5.41, 5.74) is 7.71. The molecule has 0 fully saturated rings. The van der Waals surface area contributed by atoms with Crippen molar-refractivity contribution in [2.45, 2.75) is 19.8 Å². The van der Waals surface area contributed by atoms with Crippen LogP contribution in [-0.4, -0.2) is 9.55 Å². The van der Waals surface area contributed by atoms with Gasteiger partial charge < -0.3 is 10.3 Å². The molecule has 2 N–H and O–H groups in total. The highest BCUT2D eigenvalue weighted by atomic mass is 35.5. The first-order chi connectivity index (χ1) is 8.41. The molecule has 2 rings (SSSR count). The van der Waals surface area contributed by atoms with Crippen molar-refractivity contribution in [2.24, 2.45) is 7.05 Å². The molecule has 0 atom stereocenters. The van der Waals surface area contributed by atoms with Gasteiger partial charge in [-0.15, -0.1) is 0 Å². The Labute approximate surface area is 117 Å². The number of nitrogens with zero attached hydrogens (tertiary/aromatic N) is 2. The Kier molecular flexibility index (Phi) is 3.55. The summed E-state index contributed by atoms with van der Waals surface area (Å²) >= 11 is 11.9. The average molecular weight is 284 g/mol. The van der Waals surface area contributed by atoms with E-state index in [4.69, 9.17) is 28.9 Å². The average Bonchev–Trinajstić information content (AvgIpc) is 2.60. The van der Waals surface area contributed by atoms with Crippen molar-refractivity contribution in [3.63, 3.8) is 0 Å². The van der Waals surface area contributed by atoms with Crippen molar-refractivity contribution in [2.75, 3.05) is 5.73 Å². The number of aromatic nitrogens is 2. The second-order valence-corrected chi connectivity index (χ2v) is 5.36. The van der Waals surface area contributed by atoms with Crippen LogP contribution in [0, 0.1) is 0 Å². The Morgan fingerprint density at radius 1 is 1.22 bits per heavy atom. The fraction of sp³-hybridized carbons (Fsp3) is 0.308. The molecule has 0 saturated carbocycles. The van der Waals surface area contributed by atoms with Crippen molar-refractivity contribution in [3.05, 3.63) is 34.1 Å². The van der Waals surface area contributed by atoms with E-state index in [1.165, 1.54) is 0 Å². The van der Waals surface area contributed by atoms with Gasteiger partial charge in [0.15, 0.2) is 0 Å². The highest BCUT2D eigenvalue weighted by molar-refractivity contribution is 6.42. The number of imidazole rings is 1. The first-order valence-electron chi connectivity index (χ1n) is 5.69. The zero-order valence-corrected chi connectivity index (χ0v) is 12.0. The van der Waals surface area contributed by atoms with Gasteiger partial charge >= 0.3 is 0 Å². The summed E-state index contributed by atoms with van der Waals surface area (Å²) in [4.78, 5) is 4.59. The molecule has 1 aromatic heterocycles. The molecule has 2 aromatic rings. The largest absolute Gasteiger partial charge is 0.383 e. The van der Waals surface area contributed by atoms with E-state index in [0.29, 0.717) is 21.8 Å². The number of halogens is 2. The molecule has 0 aliphatic heterocycles. The lowest BCUT2D eigenvalue weighted by Crippen LogP contribution is -2.02. The van der Waals surface area contributed by atoms with Gasteiger partial charge in [-0.05, 0) is 12.1 Å². The summed E-state index contributed by atoms with van der Waals surface area (Å²) in [7, 11) is 1.92. The van der Waals surface area contributed by atoms with Gasteiger partial charge in [0.25, 0.3) is 0 Å². The van der Waals surface area contributed by atoms with Crippen LogP contribution in [-0.2, 0) is 7.05 Å². The van der Waals surface area contributed by atoms with Crippen molar-refractivity contribution >= 4 is 29.0 Å². The minimum absolute atomic E-state index is 0.314. The number of hydrogen-bond acceptors (Lipinski definition) is 2. The van der Waals surface area contributed by atoms with Crippen LogP contribution in [0.15, 0.2) is 18.2 Å². The first kappa shape index (κ1) is 13.2. The van der Waals surface area contributed by atoms with E-state index in [9.17, 15) is 0 Å². The smallest absolute Gasteiger partial charge is 0.131 e. The lowest BCUT2D eigenvalue weighted by molar-refractivity contribution is 0.715. The highest BCUT2D eigenvalue weighted by Crippen LogP contribution is 2.32. The minimum Gasteiger partial charge on any atom is -0.383 e. The van der Waals surface area contributed by atoms with Crippen LogP contribution in [0.25, 0.3) is 11.3 Å². The van der Waals surface area contributed by atoms with E-state index < -0.39 is 0 Å². The predicted octanol–water partition coefficient (Wildman–Crippen LogP) is 4.10. The number of anilines is 1. The number of hydrogen-bond donors (Lipinski definition) is 1. The molecule has 0 bridgehead atoms. The summed E-state index contributed by atoms with van der Waals surface area (Å²) < 4.78 is 1.91. The quantitative estimate of drug-likeness (QED) is 0.902. The van der Waals surface area contributed by atoms with Crippen molar-refractivity contribution in [3.8, 4) is 11.3 Å². The maximum absolute atomic E-state index is 6.09. The standard InChI is InChI=1S/C13H15Cl2N3/c1-7(2)13-17-11(12(16)18(13)3)8-4-5-9(14)10(15)6-8/h4-7H,16H2,1-3H3. The van der Waals surface area contributed by atoms with Crippen molar-refractivity contribution in [1.82, 2.24) is 9.55 Å². The Hall–Kier alpha value is -1.19. The maximum atomic E-state index is 6.09. The molecule has 18 heavy (non-hydrogen) atoms. The maximum Gasteiger partial charge on any atom is 0.131 e. The molecular weight excluding hydrogens is 269 g/mol. The highest BCUT2D eigenvalue weighted by Gasteiger charge is 2.16. The lowest BCUT2D eigenvalue weighted by Gasteiger charge is -2.04. The van der Waals surface area contributed by atoms with Crippen molar-refractivity contribution in [1.29, 1.82) is 0 Å². The Balaban J connectivity index is 2.57. The fourth-order valence-corrected chi connectivity index (χ4v) is 2.20. The summed E-state index contributed by atoms with van der Waals surface area (Å²) in [6, 6.07) is 5.41. The number of benzene rings is 1. The van der Waals surface area contributed by atoms with Gasteiger partial charge in [0.1, 0.15) is 17.3 Å². The van der Waals surface area contributed by atoms with Crippen molar-refractivity contribution < 1.29 is 0 Å². The van der Waals surface area contributed by atoms with E-state index in [1.54, 1.807) is 12.1 Å². The zero-order chi connectivity index (χ0) is 13.4. The summed E-state index contributed by atoms with van der Waals surface area (Å²) in [5.74, 6) is 1.90. The van der Waals surface area contributed by atoms with E-state index in [1.807, 2.05) is 17.7 Å². The van der Waals surface area contributed by atoms with Gasteiger partial charge in [0, 0.05) is 18.5 Å². The molecule has 3 nitrogen and oxygen atoms in total. The van der Waals surface area contributed by atoms with Crippen LogP contribution in [0.4, 0.5) is 5.82 Å². The molecule has 0 aliphatic rings. The number of rotatable bonds is 2. The topological polar surface area (TPSA) is 43.8 Å². The van der Waals surface area contributed by atoms with Crippen LogP contribution in [0.3, 0.4) is 0 Å². The molecule has 0 radical (unpaired) electrons. The molecule has 0 amide bonds. The normalized spacial score (nSPS) is 11.2. The molecule has 5 heteroatoms. The van der Waals surface area contributed by atoms with Gasteiger partial charge in [0.05, 0.1) is 10.0 Å². The van der Waals surface area contributed by atoms with Gasteiger partial charge in [0.2, 0.25) is 0 Å². The molecule has 0 saturated heterocycles. The molecule has 0 unspecified atom stereocenters. The summed E-state index contributed by atoms with van der Waals surface area (Å²) in [6.45, 7) is 4.17. The third-order valence-electron chi connectivity index (χ3n) is 2.88. The third-order valence-corrected chi connectivity index (χ3v) is 3.62. The van der Waals surface area contributed by atoms with Crippen LogP contribution >= 0.6 is 23.2 Å². The Morgan fingerprint density at radius 3 is 2.39 bits per heavy atom. The van der Waals surface area contributed by atoms with Gasteiger partial charge in [-0.3, -0.25) is 0 Å². The number of nitrogen functional groups attached to an aromatic ring is 1. The van der Waals surface area contributed by atoms with Gasteiger partial charge in [-0.25, -0.2) is 4.98 Å². The van der Waals surface area contributed by atoms with E-state index >= 15 is 0 Å². The molecule has 0 aliphatic carbocycles. The summed E-state index contributed by atoms with van der Waals surface area (Å²) in [6.07, 6.45) is 0. The minimum atomic E-state index is 0.314. The lowest BCUT2D eigenvalue weighted by atomic mass is 10.1. The first-order valence-corrected chi connectivity index (χ1v) is 6.45. The van der Waals surface area contributed by atoms with Crippen LogP contribution in [0.1, 0.15) is 25.6 Å². The van der Waals surface area contributed by atoms with Gasteiger partial charge in [-0.1, -0.05) is 43.1 Å². The summed E-state index contributed by atoms with van der Waals surface area (Å²) in [5, 5.41) is 1.03. The molecule has 96 valence electrons. The second-order valence-electron chi connectivity index (χ2n) is 4.55. The van der Waals surface area contributed by atoms with Gasteiger partial charge in [-0.2, -0.15) is 0 Å². The van der Waals surface area contributed by atoms with Crippen LogP contribution < -0.4 is 5.73 Å². The Morgan fingerprint density at radius 2 is 1.89 bits per heavy atom. The SMILES string of the molecule is CC(C)c1nc(-c2ccc(Cl)c(Cl)c2)c(N)n1C. The second kappa shape index (κ2) is 4.82. The van der Waals surface area contributed by atoms with Crippen LogP contribution in [0.5, 0.6) is 0 Å². The molecular formula is C13H15Cl2N3. The van der Waals surface area contributed by atoms with E-state index in [0.717, 1.165) is 17.1 Å². The Bertz CT molecular complexity index is 588. The molecule has 0 spiro atoms. The van der Waals surface area contributed by atoms with E-state index in [-0.39, 0.29) is 0 Å². The van der Waals surface area contributed by atoms with Crippen LogP contribution in [0.2, 0.25) is 10.0 Å². The predicted molar refractivity (Wildman–Crippen MR) is 77.2 cm³/mol. The molecule has 1 heterocycles. The fourth-order valence-electron chi connectivity index (χ4n) is 1.90. The number of nitrogens with two attached hydrogens (primary N) is 1. The molecule has 1 aromatic carbocycles. The zero-order valence-electron chi connectivity index (χ0n) is 10.5. The van der Waals surface area contributed by atoms with E-state index in [2.05, 4.69) is 18.8 Å².